The first-order valence-corrected chi connectivity index (χ1v) is 5.30. The number of amides is 1. The smallest absolute Gasteiger partial charge is 0.222 e. The summed E-state index contributed by atoms with van der Waals surface area (Å²) in [4.78, 5) is 13.8. The molecule has 3 nitrogen and oxygen atoms in total. The summed E-state index contributed by atoms with van der Waals surface area (Å²) in [5.41, 5.74) is 0.226. The molecule has 1 amide bonds. The lowest BCUT2D eigenvalue weighted by molar-refractivity contribution is -0.133. The highest BCUT2D eigenvalue weighted by Gasteiger charge is 2.49. The van der Waals surface area contributed by atoms with Gasteiger partial charge in [0.2, 0.25) is 5.91 Å². The standard InChI is InChI=1S/C10H18N2O/c1-2-9(13)12-7-3-6-11-8-10(12)4-5-10/h11H,2-8H2,1H3. The fraction of sp³-hybridized carbons (Fsp3) is 0.900. The zero-order valence-corrected chi connectivity index (χ0v) is 8.31. The molecule has 0 aromatic rings. The lowest BCUT2D eigenvalue weighted by atomic mass is 10.2. The van der Waals surface area contributed by atoms with Gasteiger partial charge >= 0.3 is 0 Å². The van der Waals surface area contributed by atoms with Crippen LogP contribution in [-0.2, 0) is 4.79 Å². The Morgan fingerprint density at radius 2 is 2.31 bits per heavy atom. The Morgan fingerprint density at radius 3 is 2.92 bits per heavy atom. The van der Waals surface area contributed by atoms with Crippen LogP contribution in [-0.4, -0.2) is 36.0 Å². The van der Waals surface area contributed by atoms with Gasteiger partial charge in [-0.05, 0) is 25.8 Å². The molecule has 1 saturated heterocycles. The molecule has 1 aliphatic heterocycles. The third-order valence-corrected chi connectivity index (χ3v) is 3.19. The normalized spacial score (nSPS) is 25.8. The van der Waals surface area contributed by atoms with Gasteiger partial charge in [0.25, 0.3) is 0 Å². The van der Waals surface area contributed by atoms with E-state index in [4.69, 9.17) is 0 Å². The van der Waals surface area contributed by atoms with Gasteiger partial charge in [-0.3, -0.25) is 4.79 Å². The summed E-state index contributed by atoms with van der Waals surface area (Å²) in [5.74, 6) is 0.334. The Balaban J connectivity index is 2.08. The van der Waals surface area contributed by atoms with Crippen molar-refractivity contribution in [1.29, 1.82) is 0 Å². The van der Waals surface area contributed by atoms with Gasteiger partial charge in [0.15, 0.2) is 0 Å². The molecule has 0 unspecified atom stereocenters. The van der Waals surface area contributed by atoms with Crippen molar-refractivity contribution in [2.75, 3.05) is 19.6 Å². The lowest BCUT2D eigenvalue weighted by Crippen LogP contribution is -2.45. The van der Waals surface area contributed by atoms with E-state index in [1.54, 1.807) is 0 Å². The summed E-state index contributed by atoms with van der Waals surface area (Å²) in [6.45, 7) is 4.99. The summed E-state index contributed by atoms with van der Waals surface area (Å²) >= 11 is 0. The van der Waals surface area contributed by atoms with Crippen LogP contribution in [0, 0.1) is 0 Å². The third-order valence-electron chi connectivity index (χ3n) is 3.19. The molecule has 1 spiro atoms. The van der Waals surface area contributed by atoms with E-state index in [-0.39, 0.29) is 5.54 Å². The van der Waals surface area contributed by atoms with E-state index in [0.717, 1.165) is 26.1 Å². The second-order valence-corrected chi connectivity index (χ2v) is 4.15. The van der Waals surface area contributed by atoms with E-state index < -0.39 is 0 Å². The number of carbonyl (C=O) groups is 1. The molecule has 0 aromatic heterocycles. The minimum Gasteiger partial charge on any atom is -0.336 e. The predicted octanol–water partition coefficient (Wildman–Crippen LogP) is 0.751. The molecular formula is C10H18N2O. The van der Waals surface area contributed by atoms with Crippen LogP contribution in [0.1, 0.15) is 32.6 Å². The summed E-state index contributed by atoms with van der Waals surface area (Å²) in [6.07, 6.45) is 4.16. The van der Waals surface area contributed by atoms with Crippen LogP contribution in [0.4, 0.5) is 0 Å². The first-order valence-electron chi connectivity index (χ1n) is 5.30. The molecule has 74 valence electrons. The molecule has 0 radical (unpaired) electrons. The number of nitrogens with zero attached hydrogens (tertiary/aromatic N) is 1. The van der Waals surface area contributed by atoms with Gasteiger partial charge in [-0.2, -0.15) is 0 Å². The summed E-state index contributed by atoms with van der Waals surface area (Å²) < 4.78 is 0. The zero-order valence-electron chi connectivity index (χ0n) is 8.31. The van der Waals surface area contributed by atoms with Crippen molar-refractivity contribution in [3.63, 3.8) is 0 Å². The average Bonchev–Trinajstić information content (AvgIpc) is 2.94. The molecule has 1 N–H and O–H groups in total. The molecule has 1 saturated carbocycles. The Labute approximate surface area is 79.5 Å². The second-order valence-electron chi connectivity index (χ2n) is 4.15. The minimum atomic E-state index is 0.226. The molecule has 2 aliphatic rings. The fourth-order valence-corrected chi connectivity index (χ4v) is 2.19. The van der Waals surface area contributed by atoms with E-state index >= 15 is 0 Å². The average molecular weight is 182 g/mol. The monoisotopic (exact) mass is 182 g/mol. The second kappa shape index (κ2) is 3.29. The maximum absolute atomic E-state index is 11.7. The van der Waals surface area contributed by atoms with Crippen molar-refractivity contribution in [2.24, 2.45) is 0 Å². The van der Waals surface area contributed by atoms with Crippen LogP contribution >= 0.6 is 0 Å². The highest BCUT2D eigenvalue weighted by molar-refractivity contribution is 5.77. The Bertz CT molecular complexity index is 211. The van der Waals surface area contributed by atoms with Crippen molar-refractivity contribution in [3.05, 3.63) is 0 Å². The summed E-state index contributed by atoms with van der Waals surface area (Å²) in [6, 6.07) is 0. The fourth-order valence-electron chi connectivity index (χ4n) is 2.19. The molecule has 1 heterocycles. The van der Waals surface area contributed by atoms with Crippen molar-refractivity contribution in [2.45, 2.75) is 38.1 Å². The molecule has 0 aromatic carbocycles. The van der Waals surface area contributed by atoms with Crippen LogP contribution in [0.2, 0.25) is 0 Å². The van der Waals surface area contributed by atoms with E-state index in [2.05, 4.69) is 10.2 Å². The van der Waals surface area contributed by atoms with Gasteiger partial charge in [0.1, 0.15) is 0 Å². The number of hydrogen-bond donors (Lipinski definition) is 1. The number of carbonyl (C=O) groups excluding carboxylic acids is 1. The van der Waals surface area contributed by atoms with Gasteiger partial charge in [0, 0.05) is 19.5 Å². The molecule has 13 heavy (non-hydrogen) atoms. The van der Waals surface area contributed by atoms with Crippen molar-refractivity contribution < 1.29 is 4.79 Å². The van der Waals surface area contributed by atoms with Crippen LogP contribution in [0.3, 0.4) is 0 Å². The molecule has 2 rings (SSSR count). The molecule has 2 fully saturated rings. The summed E-state index contributed by atoms with van der Waals surface area (Å²) in [7, 11) is 0. The Morgan fingerprint density at radius 1 is 1.54 bits per heavy atom. The largest absolute Gasteiger partial charge is 0.336 e. The molecule has 1 aliphatic carbocycles. The minimum absolute atomic E-state index is 0.226. The quantitative estimate of drug-likeness (QED) is 0.649. The predicted molar refractivity (Wildman–Crippen MR) is 51.5 cm³/mol. The van der Waals surface area contributed by atoms with Crippen molar-refractivity contribution in [3.8, 4) is 0 Å². The van der Waals surface area contributed by atoms with E-state index in [9.17, 15) is 4.79 Å². The molecule has 3 heteroatoms. The van der Waals surface area contributed by atoms with Crippen LogP contribution in [0.5, 0.6) is 0 Å². The summed E-state index contributed by atoms with van der Waals surface area (Å²) in [5, 5.41) is 3.42. The maximum atomic E-state index is 11.7. The Hall–Kier alpha value is -0.570. The van der Waals surface area contributed by atoms with Gasteiger partial charge in [-0.1, -0.05) is 6.92 Å². The van der Waals surface area contributed by atoms with Crippen LogP contribution < -0.4 is 5.32 Å². The SMILES string of the molecule is CCC(=O)N1CCCNCC12CC2. The van der Waals surface area contributed by atoms with E-state index in [1.807, 2.05) is 6.92 Å². The topological polar surface area (TPSA) is 32.3 Å². The van der Waals surface area contributed by atoms with E-state index in [0.29, 0.717) is 12.3 Å². The molecule has 0 bridgehead atoms. The van der Waals surface area contributed by atoms with Crippen molar-refractivity contribution >= 4 is 5.91 Å². The van der Waals surface area contributed by atoms with Gasteiger partial charge < -0.3 is 10.2 Å². The van der Waals surface area contributed by atoms with Gasteiger partial charge in [-0.15, -0.1) is 0 Å². The molecular weight excluding hydrogens is 164 g/mol. The molecule has 0 atom stereocenters. The van der Waals surface area contributed by atoms with Crippen LogP contribution in [0.25, 0.3) is 0 Å². The lowest BCUT2D eigenvalue weighted by Gasteiger charge is -2.29. The van der Waals surface area contributed by atoms with Crippen molar-refractivity contribution in [1.82, 2.24) is 10.2 Å². The van der Waals surface area contributed by atoms with Crippen LogP contribution in [0.15, 0.2) is 0 Å². The number of hydrogen-bond acceptors (Lipinski definition) is 2. The Kier molecular flexibility index (Phi) is 2.28. The zero-order chi connectivity index (χ0) is 9.31. The number of nitrogens with one attached hydrogen (secondary N) is 1. The van der Waals surface area contributed by atoms with E-state index in [1.165, 1.54) is 12.8 Å². The first kappa shape index (κ1) is 9.00. The highest BCUT2D eigenvalue weighted by atomic mass is 16.2. The first-order chi connectivity index (χ1) is 6.28. The maximum Gasteiger partial charge on any atom is 0.222 e. The third kappa shape index (κ3) is 1.57. The van der Waals surface area contributed by atoms with Gasteiger partial charge in [0.05, 0.1) is 5.54 Å². The highest BCUT2D eigenvalue weighted by Crippen LogP contribution is 2.42. The number of rotatable bonds is 1. The van der Waals surface area contributed by atoms with Gasteiger partial charge in [-0.25, -0.2) is 0 Å².